The second kappa shape index (κ2) is 7.24. The Hall–Kier alpha value is -3.13. The van der Waals surface area contributed by atoms with Gasteiger partial charge < -0.3 is 5.32 Å². The zero-order valence-corrected chi connectivity index (χ0v) is 14.8. The van der Waals surface area contributed by atoms with Crippen molar-refractivity contribution in [1.29, 1.82) is 0 Å². The highest BCUT2D eigenvalue weighted by Crippen LogP contribution is 2.21. The fraction of sp³-hybridized carbons (Fsp3) is 0.105. The molecule has 0 aliphatic heterocycles. The van der Waals surface area contributed by atoms with Gasteiger partial charge in [-0.05, 0) is 42.5 Å². The zero-order chi connectivity index (χ0) is 18.8. The molecule has 0 saturated heterocycles. The third kappa shape index (κ3) is 3.70. The molecular formula is C19H14F2N4OS. The Bertz CT molecular complexity index is 1100. The highest BCUT2D eigenvalue weighted by atomic mass is 32.1. The van der Waals surface area contributed by atoms with E-state index in [-0.39, 0.29) is 17.3 Å². The maximum atomic E-state index is 13.2. The highest BCUT2D eigenvalue weighted by molar-refractivity contribution is 7.15. The predicted octanol–water partition coefficient (Wildman–Crippen LogP) is 3.71. The van der Waals surface area contributed by atoms with Gasteiger partial charge in [-0.15, -0.1) is 16.4 Å². The van der Waals surface area contributed by atoms with Crippen molar-refractivity contribution in [3.8, 4) is 11.4 Å². The molecule has 27 heavy (non-hydrogen) atoms. The Morgan fingerprint density at radius 3 is 2.70 bits per heavy atom. The van der Waals surface area contributed by atoms with E-state index in [0.717, 1.165) is 16.2 Å². The maximum absolute atomic E-state index is 13.2. The average Bonchev–Trinajstić information content (AvgIpc) is 3.24. The Morgan fingerprint density at radius 1 is 1.11 bits per heavy atom. The predicted molar refractivity (Wildman–Crippen MR) is 98.7 cm³/mol. The van der Waals surface area contributed by atoms with Crippen LogP contribution in [0.3, 0.4) is 0 Å². The van der Waals surface area contributed by atoms with Gasteiger partial charge in [0, 0.05) is 29.5 Å². The second-order valence-corrected chi connectivity index (χ2v) is 6.72. The molecule has 0 radical (unpaired) electrons. The summed E-state index contributed by atoms with van der Waals surface area (Å²) in [5.74, 6) is -0.564. The van der Waals surface area contributed by atoms with Gasteiger partial charge >= 0.3 is 0 Å². The lowest BCUT2D eigenvalue weighted by Crippen LogP contribution is -2.26. The third-order valence-electron chi connectivity index (χ3n) is 4.01. The van der Waals surface area contributed by atoms with Gasteiger partial charge in [0.1, 0.15) is 11.6 Å². The molecule has 0 aliphatic carbocycles. The van der Waals surface area contributed by atoms with Crippen LogP contribution in [0.5, 0.6) is 0 Å². The van der Waals surface area contributed by atoms with Crippen LogP contribution in [-0.4, -0.2) is 27.0 Å². The van der Waals surface area contributed by atoms with Crippen LogP contribution < -0.4 is 5.32 Å². The van der Waals surface area contributed by atoms with E-state index in [9.17, 15) is 13.6 Å². The molecule has 1 N–H and O–H groups in total. The van der Waals surface area contributed by atoms with Crippen LogP contribution in [0, 0.1) is 11.6 Å². The number of thiazole rings is 1. The van der Waals surface area contributed by atoms with Gasteiger partial charge in [0.15, 0.2) is 5.82 Å². The zero-order valence-electron chi connectivity index (χ0n) is 14.0. The minimum Gasteiger partial charge on any atom is -0.352 e. The summed E-state index contributed by atoms with van der Waals surface area (Å²) >= 11 is 1.44. The molecule has 1 amide bonds. The van der Waals surface area contributed by atoms with E-state index < -0.39 is 5.82 Å². The van der Waals surface area contributed by atoms with Gasteiger partial charge in [-0.25, -0.2) is 13.3 Å². The quantitative estimate of drug-likeness (QED) is 0.571. The Kier molecular flexibility index (Phi) is 4.64. The number of fused-ring (bicyclic) bond motifs is 1. The van der Waals surface area contributed by atoms with E-state index in [2.05, 4.69) is 15.4 Å². The molecule has 0 aliphatic rings. The first kappa shape index (κ1) is 17.3. The van der Waals surface area contributed by atoms with E-state index in [0.29, 0.717) is 18.8 Å². The average molecular weight is 384 g/mol. The van der Waals surface area contributed by atoms with Crippen LogP contribution >= 0.6 is 11.3 Å². The summed E-state index contributed by atoms with van der Waals surface area (Å²) in [5, 5.41) is 9.17. The van der Waals surface area contributed by atoms with E-state index in [4.69, 9.17) is 0 Å². The number of nitrogens with one attached hydrogen (secondary N) is 1. The minimum atomic E-state index is -0.446. The first-order valence-corrected chi connectivity index (χ1v) is 9.11. The van der Waals surface area contributed by atoms with Gasteiger partial charge in [0.2, 0.25) is 4.96 Å². The molecule has 5 nitrogen and oxygen atoms in total. The summed E-state index contributed by atoms with van der Waals surface area (Å²) in [6.07, 6.45) is 0.549. The Morgan fingerprint density at radius 2 is 1.93 bits per heavy atom. The van der Waals surface area contributed by atoms with Gasteiger partial charge in [0.05, 0.1) is 5.69 Å². The molecule has 0 fully saturated rings. The number of nitrogens with zero attached hydrogens (tertiary/aromatic N) is 3. The summed E-state index contributed by atoms with van der Waals surface area (Å²) in [6.45, 7) is 0.382. The number of carbonyl (C=O) groups is 1. The number of hydrogen-bond acceptors (Lipinski definition) is 4. The smallest absolute Gasteiger partial charge is 0.251 e. The molecule has 2 heterocycles. The van der Waals surface area contributed by atoms with E-state index in [1.807, 2.05) is 5.38 Å². The van der Waals surface area contributed by atoms with Gasteiger partial charge in [-0.3, -0.25) is 4.79 Å². The van der Waals surface area contributed by atoms with Crippen molar-refractivity contribution >= 4 is 22.2 Å². The third-order valence-corrected chi connectivity index (χ3v) is 4.87. The van der Waals surface area contributed by atoms with Crippen LogP contribution in [0.15, 0.2) is 53.9 Å². The molecule has 0 bridgehead atoms. The van der Waals surface area contributed by atoms with E-state index in [1.165, 1.54) is 41.7 Å². The van der Waals surface area contributed by atoms with Crippen molar-refractivity contribution in [2.24, 2.45) is 0 Å². The summed E-state index contributed by atoms with van der Waals surface area (Å²) in [7, 11) is 0. The fourth-order valence-electron chi connectivity index (χ4n) is 2.65. The second-order valence-electron chi connectivity index (χ2n) is 5.88. The van der Waals surface area contributed by atoms with Gasteiger partial charge in [-0.1, -0.05) is 6.07 Å². The molecule has 2 aromatic heterocycles. The summed E-state index contributed by atoms with van der Waals surface area (Å²) in [6, 6.07) is 11.6. The molecule has 2 aromatic carbocycles. The molecule has 0 unspecified atom stereocenters. The topological polar surface area (TPSA) is 59.3 Å². The molecule has 0 spiro atoms. The van der Waals surface area contributed by atoms with Crippen molar-refractivity contribution < 1.29 is 13.6 Å². The number of carbonyl (C=O) groups excluding carboxylic acids is 1. The summed E-state index contributed by atoms with van der Waals surface area (Å²) in [4.78, 5) is 17.2. The van der Waals surface area contributed by atoms with E-state index >= 15 is 0 Å². The van der Waals surface area contributed by atoms with Gasteiger partial charge in [-0.2, -0.15) is 4.98 Å². The fourth-order valence-corrected chi connectivity index (χ4v) is 3.51. The van der Waals surface area contributed by atoms with Crippen LogP contribution in [0.4, 0.5) is 8.78 Å². The number of halogens is 2. The standard InChI is InChI=1S/C19H14F2N4OS/c20-14-6-4-12(5-7-14)17-23-19-25(24-17)16(11-27-19)8-9-22-18(26)13-2-1-3-15(21)10-13/h1-7,10-11H,8-9H2,(H,22,26). The lowest BCUT2D eigenvalue weighted by Gasteiger charge is -2.04. The van der Waals surface area contributed by atoms with Crippen LogP contribution in [0.25, 0.3) is 16.3 Å². The SMILES string of the molecule is O=C(NCCc1csc2nc(-c3ccc(F)cc3)nn12)c1cccc(F)c1. The summed E-state index contributed by atoms with van der Waals surface area (Å²) in [5.41, 5.74) is 1.91. The Labute approximate surface area is 157 Å². The Balaban J connectivity index is 1.45. The molecular weight excluding hydrogens is 370 g/mol. The van der Waals surface area contributed by atoms with E-state index in [1.54, 1.807) is 22.7 Å². The molecule has 8 heteroatoms. The lowest BCUT2D eigenvalue weighted by atomic mass is 10.2. The molecule has 4 aromatic rings. The molecule has 0 saturated carbocycles. The first-order valence-electron chi connectivity index (χ1n) is 8.23. The van der Waals surface area contributed by atoms with Crippen LogP contribution in [0.2, 0.25) is 0 Å². The molecule has 0 atom stereocenters. The number of benzene rings is 2. The summed E-state index contributed by atoms with van der Waals surface area (Å²) < 4.78 is 28.0. The van der Waals surface area contributed by atoms with Crippen molar-refractivity contribution in [3.63, 3.8) is 0 Å². The number of rotatable bonds is 5. The molecule has 4 rings (SSSR count). The number of hydrogen-bond donors (Lipinski definition) is 1. The van der Waals surface area contributed by atoms with Crippen molar-refractivity contribution in [1.82, 2.24) is 19.9 Å². The minimum absolute atomic E-state index is 0.282. The van der Waals surface area contributed by atoms with Crippen LogP contribution in [0.1, 0.15) is 16.1 Å². The van der Waals surface area contributed by atoms with Crippen molar-refractivity contribution in [2.45, 2.75) is 6.42 Å². The first-order chi connectivity index (χ1) is 13.1. The largest absolute Gasteiger partial charge is 0.352 e. The highest BCUT2D eigenvalue weighted by Gasteiger charge is 2.12. The maximum Gasteiger partial charge on any atom is 0.251 e. The lowest BCUT2D eigenvalue weighted by molar-refractivity contribution is 0.0953. The molecule has 136 valence electrons. The monoisotopic (exact) mass is 384 g/mol. The number of aromatic nitrogens is 3. The van der Waals surface area contributed by atoms with Crippen molar-refractivity contribution in [2.75, 3.05) is 6.54 Å². The van der Waals surface area contributed by atoms with Gasteiger partial charge in [0.25, 0.3) is 5.91 Å². The van der Waals surface area contributed by atoms with Crippen LogP contribution in [-0.2, 0) is 6.42 Å². The number of amides is 1. The normalized spacial score (nSPS) is 11.0. The van der Waals surface area contributed by atoms with Crippen molar-refractivity contribution in [3.05, 3.63) is 76.8 Å².